The van der Waals surface area contributed by atoms with Gasteiger partial charge in [-0.25, -0.2) is 4.98 Å². The minimum absolute atomic E-state index is 0.0770. The van der Waals surface area contributed by atoms with Gasteiger partial charge in [-0.15, -0.1) is 0 Å². The lowest BCUT2D eigenvalue weighted by Gasteiger charge is -2.32. The van der Waals surface area contributed by atoms with Gasteiger partial charge in [-0.05, 0) is 37.8 Å². The van der Waals surface area contributed by atoms with E-state index in [2.05, 4.69) is 10.1 Å². The van der Waals surface area contributed by atoms with Gasteiger partial charge in [0.2, 0.25) is 0 Å². The summed E-state index contributed by atoms with van der Waals surface area (Å²) in [6, 6.07) is 7.52. The second-order valence-electron chi connectivity index (χ2n) is 7.28. The highest BCUT2D eigenvalue weighted by Gasteiger charge is 2.25. The molecule has 1 unspecified atom stereocenters. The first-order chi connectivity index (χ1) is 13.2. The van der Waals surface area contributed by atoms with Crippen LogP contribution in [0.15, 0.2) is 30.6 Å². The minimum atomic E-state index is 0.0770. The molecule has 2 saturated heterocycles. The molecule has 1 aromatic heterocycles. The standard InChI is InChI=1S/C20H26N4O3/c1-23-14-21-19(22-23)15-4-6-16(7-5-15)20(25)24-10-8-17(9-11-24)27-13-18-3-2-12-26-18/h4-7,14,17-18H,2-3,8-13H2,1H3. The van der Waals surface area contributed by atoms with Crippen LogP contribution in [-0.2, 0) is 16.5 Å². The van der Waals surface area contributed by atoms with Crippen LogP contribution in [0.4, 0.5) is 0 Å². The van der Waals surface area contributed by atoms with E-state index in [9.17, 15) is 4.79 Å². The Morgan fingerprint density at radius 3 is 2.63 bits per heavy atom. The summed E-state index contributed by atoms with van der Waals surface area (Å²) in [7, 11) is 1.84. The van der Waals surface area contributed by atoms with Gasteiger partial charge in [-0.3, -0.25) is 9.48 Å². The smallest absolute Gasteiger partial charge is 0.253 e. The number of ether oxygens (including phenoxy) is 2. The average Bonchev–Trinajstić information content (AvgIpc) is 3.38. The van der Waals surface area contributed by atoms with Gasteiger partial charge in [-0.2, -0.15) is 5.10 Å². The van der Waals surface area contributed by atoms with Crippen LogP contribution in [0.25, 0.3) is 11.4 Å². The van der Waals surface area contributed by atoms with Crippen molar-refractivity contribution in [2.45, 2.75) is 37.9 Å². The summed E-state index contributed by atoms with van der Waals surface area (Å²) in [6.07, 6.45) is 6.16. The van der Waals surface area contributed by atoms with Crippen LogP contribution in [-0.4, -0.2) is 64.1 Å². The molecule has 2 aliphatic heterocycles. The number of carbonyl (C=O) groups is 1. The van der Waals surface area contributed by atoms with E-state index in [1.54, 1.807) is 11.0 Å². The average molecular weight is 370 g/mol. The molecule has 27 heavy (non-hydrogen) atoms. The molecule has 7 nitrogen and oxygen atoms in total. The summed E-state index contributed by atoms with van der Waals surface area (Å²) < 4.78 is 13.3. The molecular weight excluding hydrogens is 344 g/mol. The number of aryl methyl sites for hydroxylation is 1. The number of aromatic nitrogens is 3. The summed E-state index contributed by atoms with van der Waals surface area (Å²) in [5.41, 5.74) is 1.61. The number of piperidine rings is 1. The molecule has 0 radical (unpaired) electrons. The van der Waals surface area contributed by atoms with E-state index in [-0.39, 0.29) is 18.1 Å². The molecule has 4 rings (SSSR count). The lowest BCUT2D eigenvalue weighted by molar-refractivity contribution is -0.0395. The summed E-state index contributed by atoms with van der Waals surface area (Å²) in [5, 5.41) is 4.29. The lowest BCUT2D eigenvalue weighted by Crippen LogP contribution is -2.41. The number of carbonyl (C=O) groups excluding carboxylic acids is 1. The quantitative estimate of drug-likeness (QED) is 0.808. The van der Waals surface area contributed by atoms with Crippen molar-refractivity contribution in [3.05, 3.63) is 36.2 Å². The molecule has 0 saturated carbocycles. The molecule has 7 heteroatoms. The highest BCUT2D eigenvalue weighted by atomic mass is 16.5. The van der Waals surface area contributed by atoms with Crippen LogP contribution >= 0.6 is 0 Å². The molecule has 0 spiro atoms. The molecule has 144 valence electrons. The van der Waals surface area contributed by atoms with Crippen molar-refractivity contribution in [1.29, 1.82) is 0 Å². The van der Waals surface area contributed by atoms with E-state index >= 15 is 0 Å². The maximum absolute atomic E-state index is 12.8. The topological polar surface area (TPSA) is 69.5 Å². The van der Waals surface area contributed by atoms with Gasteiger partial charge < -0.3 is 14.4 Å². The Labute approximate surface area is 159 Å². The second-order valence-corrected chi connectivity index (χ2v) is 7.28. The fraction of sp³-hybridized carbons (Fsp3) is 0.550. The predicted octanol–water partition coefficient (Wildman–Crippen LogP) is 2.28. The zero-order valence-corrected chi connectivity index (χ0v) is 15.7. The third-order valence-electron chi connectivity index (χ3n) is 5.26. The summed E-state index contributed by atoms with van der Waals surface area (Å²) in [6.45, 7) is 3.01. The van der Waals surface area contributed by atoms with Crippen LogP contribution in [0.5, 0.6) is 0 Å². The molecular formula is C20H26N4O3. The monoisotopic (exact) mass is 370 g/mol. The third kappa shape index (κ3) is 4.36. The Balaban J connectivity index is 1.28. The van der Waals surface area contributed by atoms with Crippen molar-refractivity contribution in [1.82, 2.24) is 19.7 Å². The molecule has 2 aromatic rings. The Kier molecular flexibility index (Phi) is 5.50. The van der Waals surface area contributed by atoms with Gasteiger partial charge in [0.15, 0.2) is 5.82 Å². The number of likely N-dealkylation sites (tertiary alicyclic amines) is 1. The number of hydrogen-bond acceptors (Lipinski definition) is 5. The molecule has 0 aliphatic carbocycles. The summed E-state index contributed by atoms with van der Waals surface area (Å²) >= 11 is 0. The zero-order chi connectivity index (χ0) is 18.6. The first kappa shape index (κ1) is 18.1. The molecule has 1 aromatic carbocycles. The highest BCUT2D eigenvalue weighted by Crippen LogP contribution is 2.20. The fourth-order valence-electron chi connectivity index (χ4n) is 3.66. The molecule has 2 fully saturated rings. The number of rotatable bonds is 5. The van der Waals surface area contributed by atoms with Crippen molar-refractivity contribution in [3.8, 4) is 11.4 Å². The van der Waals surface area contributed by atoms with Crippen LogP contribution in [0, 0.1) is 0 Å². The van der Waals surface area contributed by atoms with E-state index in [1.807, 2.05) is 36.2 Å². The number of amides is 1. The molecule has 2 aliphatic rings. The minimum Gasteiger partial charge on any atom is -0.376 e. The van der Waals surface area contributed by atoms with Crippen molar-refractivity contribution in [2.75, 3.05) is 26.3 Å². The summed E-state index contributed by atoms with van der Waals surface area (Å²) in [4.78, 5) is 18.9. The number of nitrogens with zero attached hydrogens (tertiary/aromatic N) is 4. The normalized spacial score (nSPS) is 20.9. The Hall–Kier alpha value is -2.25. The SMILES string of the molecule is Cn1cnc(-c2ccc(C(=O)N3CCC(OCC4CCCO4)CC3)cc2)n1. The van der Waals surface area contributed by atoms with E-state index < -0.39 is 0 Å². The van der Waals surface area contributed by atoms with Crippen molar-refractivity contribution in [2.24, 2.45) is 7.05 Å². The van der Waals surface area contributed by atoms with Crippen LogP contribution < -0.4 is 0 Å². The fourth-order valence-corrected chi connectivity index (χ4v) is 3.66. The lowest BCUT2D eigenvalue weighted by atomic mass is 10.1. The van der Waals surface area contributed by atoms with Crippen molar-refractivity contribution in [3.63, 3.8) is 0 Å². The number of benzene rings is 1. The van der Waals surface area contributed by atoms with E-state index in [0.29, 0.717) is 18.0 Å². The Bertz CT molecular complexity index is 760. The van der Waals surface area contributed by atoms with Gasteiger partial charge in [0.1, 0.15) is 6.33 Å². The van der Waals surface area contributed by atoms with Crippen molar-refractivity contribution >= 4 is 5.91 Å². The van der Waals surface area contributed by atoms with Gasteiger partial charge in [0, 0.05) is 37.9 Å². The van der Waals surface area contributed by atoms with E-state index in [4.69, 9.17) is 9.47 Å². The van der Waals surface area contributed by atoms with Gasteiger partial charge in [0.25, 0.3) is 5.91 Å². The maximum Gasteiger partial charge on any atom is 0.253 e. The Morgan fingerprint density at radius 1 is 1.22 bits per heavy atom. The van der Waals surface area contributed by atoms with E-state index in [0.717, 1.165) is 50.9 Å². The predicted molar refractivity (Wildman–Crippen MR) is 100 cm³/mol. The van der Waals surface area contributed by atoms with Crippen LogP contribution in [0.1, 0.15) is 36.0 Å². The number of hydrogen-bond donors (Lipinski definition) is 0. The summed E-state index contributed by atoms with van der Waals surface area (Å²) in [5.74, 6) is 0.744. The molecule has 1 amide bonds. The second kappa shape index (κ2) is 8.19. The largest absolute Gasteiger partial charge is 0.376 e. The first-order valence-electron chi connectivity index (χ1n) is 9.67. The maximum atomic E-state index is 12.8. The third-order valence-corrected chi connectivity index (χ3v) is 5.26. The Morgan fingerprint density at radius 2 is 2.00 bits per heavy atom. The van der Waals surface area contributed by atoms with Crippen molar-refractivity contribution < 1.29 is 14.3 Å². The molecule has 3 heterocycles. The van der Waals surface area contributed by atoms with Crippen LogP contribution in [0.2, 0.25) is 0 Å². The molecule has 0 bridgehead atoms. The first-order valence-corrected chi connectivity index (χ1v) is 9.67. The van der Waals surface area contributed by atoms with Crippen LogP contribution in [0.3, 0.4) is 0 Å². The molecule has 0 N–H and O–H groups in total. The van der Waals surface area contributed by atoms with Gasteiger partial charge >= 0.3 is 0 Å². The van der Waals surface area contributed by atoms with Gasteiger partial charge in [-0.1, -0.05) is 12.1 Å². The zero-order valence-electron chi connectivity index (χ0n) is 15.7. The van der Waals surface area contributed by atoms with Gasteiger partial charge in [0.05, 0.1) is 18.8 Å². The van der Waals surface area contributed by atoms with E-state index in [1.165, 1.54) is 0 Å². The molecule has 1 atom stereocenters. The highest BCUT2D eigenvalue weighted by molar-refractivity contribution is 5.94.